The van der Waals surface area contributed by atoms with Crippen LogP contribution in [-0.4, -0.2) is 25.1 Å². The molecule has 0 radical (unpaired) electrons. The lowest BCUT2D eigenvalue weighted by molar-refractivity contribution is 0.380. The summed E-state index contributed by atoms with van der Waals surface area (Å²) in [6, 6.07) is 9.24. The predicted octanol–water partition coefficient (Wildman–Crippen LogP) is 2.87. The van der Waals surface area contributed by atoms with E-state index in [1.807, 2.05) is 11.2 Å². The molecule has 0 fully saturated rings. The summed E-state index contributed by atoms with van der Waals surface area (Å²) in [7, 11) is -4.55. The van der Waals surface area contributed by atoms with Crippen LogP contribution in [0.2, 0.25) is 0 Å². The largest absolute Gasteiger partial charge is 0.508 e. The standard InChI is InChI=1S/C16H20NO6P/c18-12-6-3-5-11(8-12)4-1-2-7-14-15(17-24(21,22)23)9-13(19)10-16(14)20/h3,5-6,8-10,18-20H,1-2,4,7H2,(H3,17,21,22,23). The molecule has 0 saturated carbocycles. The fraction of sp³-hybridized carbons (Fsp3) is 0.250. The lowest BCUT2D eigenvalue weighted by atomic mass is 10.0. The number of benzene rings is 2. The van der Waals surface area contributed by atoms with Crippen LogP contribution in [-0.2, 0) is 17.4 Å². The lowest BCUT2D eigenvalue weighted by Crippen LogP contribution is -2.00. The SMILES string of the molecule is O=P(O)(O)Nc1cc(O)cc(O)c1CCCCc1cccc(O)c1. The molecule has 0 aliphatic heterocycles. The Hall–Kier alpha value is -2.21. The molecule has 130 valence electrons. The van der Waals surface area contributed by atoms with Gasteiger partial charge in [0.25, 0.3) is 0 Å². The van der Waals surface area contributed by atoms with Gasteiger partial charge in [-0.05, 0) is 43.4 Å². The molecule has 7 nitrogen and oxygen atoms in total. The molecule has 0 aliphatic rings. The summed E-state index contributed by atoms with van der Waals surface area (Å²) in [6.45, 7) is 0. The van der Waals surface area contributed by atoms with Gasteiger partial charge in [0, 0.05) is 17.7 Å². The van der Waals surface area contributed by atoms with Crippen molar-refractivity contribution in [2.75, 3.05) is 5.09 Å². The number of nitrogens with one attached hydrogen (secondary N) is 1. The Morgan fingerprint density at radius 2 is 1.62 bits per heavy atom. The van der Waals surface area contributed by atoms with Gasteiger partial charge >= 0.3 is 7.75 Å². The van der Waals surface area contributed by atoms with Crippen LogP contribution in [0.5, 0.6) is 17.2 Å². The molecule has 2 rings (SSSR count). The van der Waals surface area contributed by atoms with Gasteiger partial charge in [-0.15, -0.1) is 0 Å². The molecule has 6 N–H and O–H groups in total. The van der Waals surface area contributed by atoms with Gasteiger partial charge < -0.3 is 25.1 Å². The summed E-state index contributed by atoms with van der Waals surface area (Å²) in [5, 5.41) is 30.8. The Bertz CT molecular complexity index is 758. The van der Waals surface area contributed by atoms with E-state index in [-0.39, 0.29) is 22.9 Å². The van der Waals surface area contributed by atoms with Crippen LogP contribution in [0.3, 0.4) is 0 Å². The first kappa shape index (κ1) is 18.1. The average Bonchev–Trinajstić information content (AvgIpc) is 2.43. The third kappa shape index (κ3) is 5.45. The Kier molecular flexibility index (Phi) is 5.72. The molecule has 0 aliphatic carbocycles. The molecule has 0 saturated heterocycles. The zero-order valence-electron chi connectivity index (χ0n) is 12.9. The van der Waals surface area contributed by atoms with Crippen LogP contribution < -0.4 is 5.09 Å². The van der Waals surface area contributed by atoms with Gasteiger partial charge in [-0.3, -0.25) is 5.09 Å². The van der Waals surface area contributed by atoms with E-state index < -0.39 is 7.75 Å². The molecular formula is C16H20NO6P. The summed E-state index contributed by atoms with van der Waals surface area (Å²) in [6.07, 6.45) is 2.53. The van der Waals surface area contributed by atoms with E-state index in [9.17, 15) is 19.9 Å². The smallest absolute Gasteiger partial charge is 0.427 e. The first-order chi connectivity index (χ1) is 11.2. The first-order valence-electron chi connectivity index (χ1n) is 7.41. The normalized spacial score (nSPS) is 11.4. The molecule has 0 bridgehead atoms. The van der Waals surface area contributed by atoms with E-state index in [0.717, 1.165) is 24.5 Å². The summed E-state index contributed by atoms with van der Waals surface area (Å²) in [5.41, 5.74) is 1.34. The second-order valence-electron chi connectivity index (χ2n) is 5.52. The molecule has 0 spiro atoms. The van der Waals surface area contributed by atoms with Crippen molar-refractivity contribution < 1.29 is 29.7 Å². The van der Waals surface area contributed by atoms with E-state index in [1.54, 1.807) is 18.2 Å². The average molecular weight is 353 g/mol. The van der Waals surface area contributed by atoms with E-state index in [1.165, 1.54) is 6.07 Å². The van der Waals surface area contributed by atoms with Gasteiger partial charge in [-0.25, -0.2) is 4.57 Å². The van der Waals surface area contributed by atoms with Crippen LogP contribution >= 0.6 is 7.75 Å². The van der Waals surface area contributed by atoms with E-state index >= 15 is 0 Å². The van der Waals surface area contributed by atoms with E-state index in [4.69, 9.17) is 9.79 Å². The van der Waals surface area contributed by atoms with Crippen molar-refractivity contribution in [1.82, 2.24) is 0 Å². The highest BCUT2D eigenvalue weighted by Gasteiger charge is 2.18. The quantitative estimate of drug-likeness (QED) is 0.333. The van der Waals surface area contributed by atoms with Crippen molar-refractivity contribution in [3.05, 3.63) is 47.5 Å². The van der Waals surface area contributed by atoms with Crippen molar-refractivity contribution in [3.63, 3.8) is 0 Å². The maximum Gasteiger partial charge on any atom is 0.427 e. The fourth-order valence-electron chi connectivity index (χ4n) is 2.50. The van der Waals surface area contributed by atoms with Gasteiger partial charge in [-0.2, -0.15) is 0 Å². The van der Waals surface area contributed by atoms with Crippen molar-refractivity contribution in [3.8, 4) is 17.2 Å². The zero-order valence-corrected chi connectivity index (χ0v) is 13.8. The van der Waals surface area contributed by atoms with Crippen molar-refractivity contribution in [1.29, 1.82) is 0 Å². The molecule has 0 aromatic heterocycles. The van der Waals surface area contributed by atoms with Crippen LogP contribution in [0.25, 0.3) is 0 Å². The molecule has 24 heavy (non-hydrogen) atoms. The molecule has 2 aromatic carbocycles. The van der Waals surface area contributed by atoms with E-state index in [2.05, 4.69) is 0 Å². The summed E-state index contributed by atoms with van der Waals surface area (Å²) in [4.78, 5) is 18.1. The monoisotopic (exact) mass is 353 g/mol. The number of phenolic OH excluding ortho intramolecular Hbond substituents is 3. The maximum absolute atomic E-state index is 11.1. The number of aromatic hydroxyl groups is 3. The summed E-state index contributed by atoms with van der Waals surface area (Å²) >= 11 is 0. The molecule has 8 heteroatoms. The highest BCUT2D eigenvalue weighted by molar-refractivity contribution is 7.53. The lowest BCUT2D eigenvalue weighted by Gasteiger charge is -2.15. The van der Waals surface area contributed by atoms with Crippen LogP contribution in [0, 0.1) is 0 Å². The van der Waals surface area contributed by atoms with E-state index in [0.29, 0.717) is 18.4 Å². The number of aryl methyl sites for hydroxylation is 1. The van der Waals surface area contributed by atoms with Crippen molar-refractivity contribution in [2.45, 2.75) is 25.7 Å². The van der Waals surface area contributed by atoms with Crippen LogP contribution in [0.4, 0.5) is 5.69 Å². The molecular weight excluding hydrogens is 333 g/mol. The predicted molar refractivity (Wildman–Crippen MR) is 90.2 cm³/mol. The van der Waals surface area contributed by atoms with Gasteiger partial charge in [0.05, 0.1) is 5.69 Å². The zero-order chi connectivity index (χ0) is 17.7. The molecule has 0 unspecified atom stereocenters. The minimum atomic E-state index is -4.55. The molecule has 0 heterocycles. The van der Waals surface area contributed by atoms with Gasteiger partial charge in [0.2, 0.25) is 0 Å². The number of hydrogen-bond donors (Lipinski definition) is 6. The minimum absolute atomic E-state index is 0.0122. The van der Waals surface area contributed by atoms with Crippen molar-refractivity contribution in [2.24, 2.45) is 0 Å². The number of rotatable bonds is 7. The minimum Gasteiger partial charge on any atom is -0.508 e. The molecule has 0 amide bonds. The third-order valence-corrected chi connectivity index (χ3v) is 4.06. The Balaban J connectivity index is 2.02. The fourth-order valence-corrected chi connectivity index (χ4v) is 3.02. The molecule has 2 aromatic rings. The number of anilines is 1. The Labute approximate surface area is 139 Å². The summed E-state index contributed by atoms with van der Waals surface area (Å²) < 4.78 is 11.1. The molecule has 0 atom stereocenters. The second kappa shape index (κ2) is 7.57. The highest BCUT2D eigenvalue weighted by atomic mass is 31.2. The highest BCUT2D eigenvalue weighted by Crippen LogP contribution is 2.41. The third-order valence-electron chi connectivity index (χ3n) is 3.53. The number of unbranched alkanes of at least 4 members (excludes halogenated alkanes) is 1. The van der Waals surface area contributed by atoms with Gasteiger partial charge in [-0.1, -0.05) is 12.1 Å². The second-order valence-corrected chi connectivity index (χ2v) is 6.84. The Morgan fingerprint density at radius 1 is 0.917 bits per heavy atom. The number of hydrogen-bond acceptors (Lipinski definition) is 4. The summed E-state index contributed by atoms with van der Waals surface area (Å²) in [5.74, 6) is -0.299. The van der Waals surface area contributed by atoms with Crippen LogP contribution in [0.1, 0.15) is 24.0 Å². The van der Waals surface area contributed by atoms with Gasteiger partial charge in [0.15, 0.2) is 0 Å². The topological polar surface area (TPSA) is 130 Å². The first-order valence-corrected chi connectivity index (χ1v) is 9.02. The van der Waals surface area contributed by atoms with Gasteiger partial charge in [0.1, 0.15) is 17.2 Å². The Morgan fingerprint density at radius 3 is 2.29 bits per heavy atom. The van der Waals surface area contributed by atoms with Crippen LogP contribution in [0.15, 0.2) is 36.4 Å². The maximum atomic E-state index is 11.1. The van der Waals surface area contributed by atoms with Crippen molar-refractivity contribution >= 4 is 13.4 Å². The number of phenols is 3.